The summed E-state index contributed by atoms with van der Waals surface area (Å²) < 4.78 is 0. The van der Waals surface area contributed by atoms with E-state index in [0.29, 0.717) is 6.04 Å². The maximum atomic E-state index is 4.26. The first-order chi connectivity index (χ1) is 9.24. The Morgan fingerprint density at radius 3 is 2.63 bits per heavy atom. The van der Waals surface area contributed by atoms with Gasteiger partial charge >= 0.3 is 0 Å². The smallest absolute Gasteiger partial charge is 0.116 e. The van der Waals surface area contributed by atoms with Crippen LogP contribution in [0.1, 0.15) is 13.8 Å². The Labute approximate surface area is 114 Å². The molecule has 4 nitrogen and oxygen atoms in total. The minimum Gasteiger partial charge on any atom is -0.369 e. The molecular formula is C15H20N4. The van der Waals surface area contributed by atoms with Crippen LogP contribution < -0.4 is 4.90 Å². The van der Waals surface area contributed by atoms with E-state index in [1.165, 1.54) is 5.69 Å². The van der Waals surface area contributed by atoms with Crippen LogP contribution in [0.2, 0.25) is 0 Å². The van der Waals surface area contributed by atoms with E-state index in [2.05, 4.69) is 51.8 Å². The summed E-state index contributed by atoms with van der Waals surface area (Å²) in [4.78, 5) is 13.3. The van der Waals surface area contributed by atoms with Gasteiger partial charge in [-0.15, -0.1) is 0 Å². The van der Waals surface area contributed by atoms with Gasteiger partial charge < -0.3 is 4.90 Å². The van der Waals surface area contributed by atoms with Crippen LogP contribution in [0.15, 0.2) is 30.7 Å². The molecule has 1 aromatic carbocycles. The van der Waals surface area contributed by atoms with E-state index in [4.69, 9.17) is 0 Å². The van der Waals surface area contributed by atoms with Crippen LogP contribution in [0.5, 0.6) is 0 Å². The van der Waals surface area contributed by atoms with Crippen molar-refractivity contribution in [2.75, 3.05) is 31.1 Å². The standard InChI is InChI=1S/C15H20N4/c1-12(2)18-5-7-19(8-6-18)14-3-4-15-13(9-14)10-16-11-17-15/h3-4,9-12H,5-8H2,1-2H3. The summed E-state index contributed by atoms with van der Waals surface area (Å²) in [6, 6.07) is 7.09. The zero-order valence-electron chi connectivity index (χ0n) is 11.6. The second-order valence-electron chi connectivity index (χ2n) is 5.38. The van der Waals surface area contributed by atoms with E-state index < -0.39 is 0 Å². The van der Waals surface area contributed by atoms with Crippen LogP contribution in [-0.2, 0) is 0 Å². The number of rotatable bonds is 2. The van der Waals surface area contributed by atoms with Gasteiger partial charge in [-0.25, -0.2) is 9.97 Å². The average molecular weight is 256 g/mol. The van der Waals surface area contributed by atoms with E-state index in [-0.39, 0.29) is 0 Å². The molecule has 1 aliphatic heterocycles. The third-order valence-corrected chi connectivity index (χ3v) is 3.90. The van der Waals surface area contributed by atoms with Crippen molar-refractivity contribution in [3.8, 4) is 0 Å². The molecule has 0 aliphatic carbocycles. The number of hydrogen-bond donors (Lipinski definition) is 0. The van der Waals surface area contributed by atoms with Crippen molar-refractivity contribution >= 4 is 16.6 Å². The van der Waals surface area contributed by atoms with E-state index in [0.717, 1.165) is 37.1 Å². The van der Waals surface area contributed by atoms with Gasteiger partial charge in [-0.2, -0.15) is 0 Å². The molecule has 19 heavy (non-hydrogen) atoms. The molecule has 1 saturated heterocycles. The number of piperazine rings is 1. The second kappa shape index (κ2) is 5.13. The van der Waals surface area contributed by atoms with Gasteiger partial charge in [-0.1, -0.05) is 0 Å². The van der Waals surface area contributed by atoms with Crippen molar-refractivity contribution in [2.24, 2.45) is 0 Å². The topological polar surface area (TPSA) is 32.3 Å². The van der Waals surface area contributed by atoms with Crippen molar-refractivity contribution < 1.29 is 0 Å². The lowest BCUT2D eigenvalue weighted by Crippen LogP contribution is -2.48. The quantitative estimate of drug-likeness (QED) is 0.824. The van der Waals surface area contributed by atoms with E-state index in [9.17, 15) is 0 Å². The molecule has 0 unspecified atom stereocenters. The fraction of sp³-hybridized carbons (Fsp3) is 0.467. The summed E-state index contributed by atoms with van der Waals surface area (Å²) in [5, 5.41) is 1.12. The first-order valence-electron chi connectivity index (χ1n) is 6.93. The van der Waals surface area contributed by atoms with E-state index >= 15 is 0 Å². The predicted molar refractivity (Wildman–Crippen MR) is 78.5 cm³/mol. The van der Waals surface area contributed by atoms with E-state index in [1.807, 2.05) is 6.20 Å². The monoisotopic (exact) mass is 256 g/mol. The number of anilines is 1. The molecule has 2 aromatic rings. The number of hydrogen-bond acceptors (Lipinski definition) is 4. The SMILES string of the molecule is CC(C)N1CCN(c2ccc3ncncc3c2)CC1. The Hall–Kier alpha value is -1.68. The molecule has 0 spiro atoms. The van der Waals surface area contributed by atoms with Gasteiger partial charge in [0.05, 0.1) is 5.52 Å². The van der Waals surface area contributed by atoms with Crippen molar-refractivity contribution in [3.05, 3.63) is 30.7 Å². The van der Waals surface area contributed by atoms with Gasteiger partial charge in [0.15, 0.2) is 0 Å². The van der Waals surface area contributed by atoms with Crippen LogP contribution >= 0.6 is 0 Å². The Bertz CT molecular complexity index is 559. The van der Waals surface area contributed by atoms with Crippen LogP contribution in [0.25, 0.3) is 10.9 Å². The minimum absolute atomic E-state index is 0.646. The zero-order chi connectivity index (χ0) is 13.2. The van der Waals surface area contributed by atoms with Gasteiger partial charge in [0.2, 0.25) is 0 Å². The third kappa shape index (κ3) is 2.54. The first-order valence-corrected chi connectivity index (χ1v) is 6.93. The summed E-state index contributed by atoms with van der Waals surface area (Å²) in [6.45, 7) is 9.00. The maximum absolute atomic E-state index is 4.26. The molecule has 100 valence electrons. The molecule has 0 radical (unpaired) electrons. The Kier molecular flexibility index (Phi) is 3.34. The fourth-order valence-corrected chi connectivity index (χ4v) is 2.67. The molecule has 0 bridgehead atoms. The van der Waals surface area contributed by atoms with Gasteiger partial charge in [0.25, 0.3) is 0 Å². The number of fused-ring (bicyclic) bond motifs is 1. The highest BCUT2D eigenvalue weighted by Gasteiger charge is 2.18. The van der Waals surface area contributed by atoms with Crippen molar-refractivity contribution in [3.63, 3.8) is 0 Å². The summed E-state index contributed by atoms with van der Waals surface area (Å²) in [5.74, 6) is 0. The third-order valence-electron chi connectivity index (χ3n) is 3.90. The number of nitrogens with zero attached hydrogens (tertiary/aromatic N) is 4. The van der Waals surface area contributed by atoms with Gasteiger partial charge in [-0.3, -0.25) is 4.90 Å². The van der Waals surface area contributed by atoms with Crippen LogP contribution in [-0.4, -0.2) is 47.1 Å². The Morgan fingerprint density at radius 1 is 1.11 bits per heavy atom. The first kappa shape index (κ1) is 12.4. The summed E-state index contributed by atoms with van der Waals surface area (Å²) in [6.07, 6.45) is 3.49. The van der Waals surface area contributed by atoms with Crippen molar-refractivity contribution in [1.29, 1.82) is 0 Å². The van der Waals surface area contributed by atoms with Gasteiger partial charge in [-0.05, 0) is 32.0 Å². The normalized spacial score (nSPS) is 17.3. The van der Waals surface area contributed by atoms with Crippen molar-refractivity contribution in [2.45, 2.75) is 19.9 Å². The molecule has 0 N–H and O–H groups in total. The highest BCUT2D eigenvalue weighted by Crippen LogP contribution is 2.21. The molecule has 0 atom stereocenters. The van der Waals surface area contributed by atoms with Crippen LogP contribution in [0.3, 0.4) is 0 Å². The molecule has 4 heteroatoms. The van der Waals surface area contributed by atoms with Gasteiger partial charge in [0, 0.05) is 49.5 Å². The van der Waals surface area contributed by atoms with E-state index in [1.54, 1.807) is 6.33 Å². The Morgan fingerprint density at radius 2 is 1.89 bits per heavy atom. The number of aromatic nitrogens is 2. The minimum atomic E-state index is 0.646. The average Bonchev–Trinajstić information content (AvgIpc) is 2.47. The summed E-state index contributed by atoms with van der Waals surface area (Å²) in [5.41, 5.74) is 2.30. The highest BCUT2D eigenvalue weighted by atomic mass is 15.3. The maximum Gasteiger partial charge on any atom is 0.116 e. The summed E-state index contributed by atoms with van der Waals surface area (Å²) >= 11 is 0. The molecule has 0 amide bonds. The number of benzene rings is 1. The lowest BCUT2D eigenvalue weighted by Gasteiger charge is -2.38. The van der Waals surface area contributed by atoms with Crippen molar-refractivity contribution in [1.82, 2.24) is 14.9 Å². The largest absolute Gasteiger partial charge is 0.369 e. The fourth-order valence-electron chi connectivity index (χ4n) is 2.67. The highest BCUT2D eigenvalue weighted by molar-refractivity contribution is 5.81. The van der Waals surface area contributed by atoms with Gasteiger partial charge in [0.1, 0.15) is 6.33 Å². The lowest BCUT2D eigenvalue weighted by atomic mass is 10.2. The molecule has 2 heterocycles. The molecular weight excluding hydrogens is 236 g/mol. The Balaban J connectivity index is 1.78. The lowest BCUT2D eigenvalue weighted by molar-refractivity contribution is 0.209. The zero-order valence-corrected chi connectivity index (χ0v) is 11.6. The summed E-state index contributed by atoms with van der Waals surface area (Å²) in [7, 11) is 0. The molecule has 1 aromatic heterocycles. The molecule has 1 fully saturated rings. The van der Waals surface area contributed by atoms with Crippen LogP contribution in [0, 0.1) is 0 Å². The van der Waals surface area contributed by atoms with Crippen LogP contribution in [0.4, 0.5) is 5.69 Å². The molecule has 1 aliphatic rings. The molecule has 3 rings (SSSR count). The predicted octanol–water partition coefficient (Wildman–Crippen LogP) is 2.16. The second-order valence-corrected chi connectivity index (χ2v) is 5.38. The molecule has 0 saturated carbocycles.